The molecule has 1 N–H and O–H groups in total. The lowest BCUT2D eigenvalue weighted by atomic mass is 9.78. The number of nitrogens with one attached hydrogen (secondary N) is 1. The number of likely N-dealkylation sites (tertiary alicyclic amines) is 1. The molecule has 0 bridgehead atoms. The summed E-state index contributed by atoms with van der Waals surface area (Å²) in [5.74, 6) is 1.74. The SMILES string of the molecule is C[C@@H](NC(=O)CN1CCC[C@H]2CCCC[C@@H]21)c1cc2ccccc2o1. The van der Waals surface area contributed by atoms with E-state index in [4.69, 9.17) is 4.42 Å². The molecule has 1 aliphatic heterocycles. The van der Waals surface area contributed by atoms with Gasteiger partial charge in [0.15, 0.2) is 0 Å². The maximum atomic E-state index is 12.6. The molecule has 1 saturated carbocycles. The molecule has 1 aromatic heterocycles. The molecule has 1 aliphatic carbocycles. The van der Waals surface area contributed by atoms with Gasteiger partial charge < -0.3 is 9.73 Å². The highest BCUT2D eigenvalue weighted by atomic mass is 16.3. The van der Waals surface area contributed by atoms with Crippen molar-refractivity contribution < 1.29 is 9.21 Å². The van der Waals surface area contributed by atoms with Gasteiger partial charge in [0, 0.05) is 11.4 Å². The number of nitrogens with zero attached hydrogens (tertiary/aromatic N) is 1. The van der Waals surface area contributed by atoms with Gasteiger partial charge in [-0.25, -0.2) is 0 Å². The lowest BCUT2D eigenvalue weighted by Gasteiger charge is -2.43. The van der Waals surface area contributed by atoms with Gasteiger partial charge in [-0.05, 0) is 57.2 Å². The Labute approximate surface area is 149 Å². The Bertz CT molecular complexity index is 703. The predicted molar refractivity (Wildman–Crippen MR) is 99.3 cm³/mol. The van der Waals surface area contributed by atoms with Crippen molar-refractivity contribution in [2.75, 3.05) is 13.1 Å². The summed E-state index contributed by atoms with van der Waals surface area (Å²) in [6, 6.07) is 10.5. The number of hydrogen-bond acceptors (Lipinski definition) is 3. The molecule has 25 heavy (non-hydrogen) atoms. The summed E-state index contributed by atoms with van der Waals surface area (Å²) in [5.41, 5.74) is 0.875. The molecule has 4 heteroatoms. The van der Waals surface area contributed by atoms with Crippen LogP contribution in [0.5, 0.6) is 0 Å². The molecule has 2 aliphatic rings. The molecule has 0 radical (unpaired) electrons. The van der Waals surface area contributed by atoms with Crippen LogP contribution in [0.25, 0.3) is 11.0 Å². The Morgan fingerprint density at radius 2 is 2.04 bits per heavy atom. The van der Waals surface area contributed by atoms with Crippen molar-refractivity contribution in [3.8, 4) is 0 Å². The van der Waals surface area contributed by atoms with Crippen LogP contribution in [0, 0.1) is 5.92 Å². The largest absolute Gasteiger partial charge is 0.459 e. The summed E-state index contributed by atoms with van der Waals surface area (Å²) in [6.07, 6.45) is 7.86. The number of amides is 1. The lowest BCUT2D eigenvalue weighted by Crippen LogP contribution is -2.50. The van der Waals surface area contributed by atoms with Crippen LogP contribution < -0.4 is 5.32 Å². The second-order valence-electron chi connectivity index (χ2n) is 7.70. The van der Waals surface area contributed by atoms with Crippen molar-refractivity contribution in [2.45, 2.75) is 57.5 Å². The number of piperidine rings is 1. The topological polar surface area (TPSA) is 45.5 Å². The molecule has 134 valence electrons. The summed E-state index contributed by atoms with van der Waals surface area (Å²) in [7, 11) is 0. The van der Waals surface area contributed by atoms with E-state index < -0.39 is 0 Å². The third kappa shape index (κ3) is 3.59. The number of para-hydroxylation sites is 1. The fourth-order valence-corrected chi connectivity index (χ4v) is 4.68. The van der Waals surface area contributed by atoms with Crippen LogP contribution in [0.1, 0.15) is 57.3 Å². The van der Waals surface area contributed by atoms with E-state index in [0.717, 1.165) is 29.2 Å². The van der Waals surface area contributed by atoms with Crippen molar-refractivity contribution in [3.63, 3.8) is 0 Å². The Hall–Kier alpha value is -1.81. The van der Waals surface area contributed by atoms with Gasteiger partial charge in [-0.3, -0.25) is 9.69 Å². The minimum Gasteiger partial charge on any atom is -0.459 e. The van der Waals surface area contributed by atoms with E-state index in [1.54, 1.807) is 0 Å². The highest BCUT2D eigenvalue weighted by molar-refractivity contribution is 5.80. The van der Waals surface area contributed by atoms with Gasteiger partial charge in [0.1, 0.15) is 11.3 Å². The number of rotatable bonds is 4. The molecule has 4 rings (SSSR count). The average Bonchev–Trinajstić information content (AvgIpc) is 3.06. The monoisotopic (exact) mass is 340 g/mol. The number of benzene rings is 1. The zero-order chi connectivity index (χ0) is 17.2. The van der Waals surface area contributed by atoms with Crippen LogP contribution >= 0.6 is 0 Å². The predicted octanol–water partition coefficient (Wildman–Crippen LogP) is 4.26. The van der Waals surface area contributed by atoms with Gasteiger partial charge in [0.2, 0.25) is 5.91 Å². The first kappa shape index (κ1) is 16.6. The molecule has 0 unspecified atom stereocenters. The third-order valence-electron chi connectivity index (χ3n) is 5.95. The van der Waals surface area contributed by atoms with Crippen molar-refractivity contribution in [1.29, 1.82) is 0 Å². The van der Waals surface area contributed by atoms with E-state index in [9.17, 15) is 4.79 Å². The van der Waals surface area contributed by atoms with Crippen LogP contribution in [-0.4, -0.2) is 29.9 Å². The Balaban J connectivity index is 1.37. The normalized spacial score (nSPS) is 25.5. The highest BCUT2D eigenvalue weighted by Gasteiger charge is 2.34. The van der Waals surface area contributed by atoms with Crippen LogP contribution in [0.15, 0.2) is 34.7 Å². The molecule has 1 aromatic carbocycles. The zero-order valence-corrected chi connectivity index (χ0v) is 15.0. The first-order valence-corrected chi connectivity index (χ1v) is 9.72. The summed E-state index contributed by atoms with van der Waals surface area (Å²) in [6.45, 7) is 3.58. The van der Waals surface area contributed by atoms with Gasteiger partial charge in [0.05, 0.1) is 12.6 Å². The molecule has 0 spiro atoms. The summed E-state index contributed by atoms with van der Waals surface area (Å²) in [5, 5.41) is 4.21. The Morgan fingerprint density at radius 1 is 1.24 bits per heavy atom. The van der Waals surface area contributed by atoms with Crippen LogP contribution in [0.2, 0.25) is 0 Å². The van der Waals surface area contributed by atoms with Crippen molar-refractivity contribution in [1.82, 2.24) is 10.2 Å². The second-order valence-corrected chi connectivity index (χ2v) is 7.70. The van der Waals surface area contributed by atoms with Gasteiger partial charge in [-0.15, -0.1) is 0 Å². The molecule has 1 saturated heterocycles. The van der Waals surface area contributed by atoms with E-state index in [2.05, 4.69) is 10.2 Å². The van der Waals surface area contributed by atoms with Crippen LogP contribution in [0.3, 0.4) is 0 Å². The first-order valence-electron chi connectivity index (χ1n) is 9.72. The quantitative estimate of drug-likeness (QED) is 0.904. The minimum atomic E-state index is -0.105. The summed E-state index contributed by atoms with van der Waals surface area (Å²) in [4.78, 5) is 15.0. The van der Waals surface area contributed by atoms with E-state index in [0.29, 0.717) is 12.6 Å². The fraction of sp³-hybridized carbons (Fsp3) is 0.571. The number of carbonyl (C=O) groups excluding carboxylic acids is 1. The molecule has 4 nitrogen and oxygen atoms in total. The molecular formula is C21H28N2O2. The first-order chi connectivity index (χ1) is 12.2. The molecule has 2 fully saturated rings. The molecular weight excluding hydrogens is 312 g/mol. The molecule has 2 heterocycles. The number of furan rings is 1. The number of carbonyl (C=O) groups is 1. The Kier molecular flexibility index (Phi) is 4.80. The molecule has 1 amide bonds. The van der Waals surface area contributed by atoms with E-state index in [1.165, 1.54) is 38.5 Å². The van der Waals surface area contributed by atoms with E-state index >= 15 is 0 Å². The lowest BCUT2D eigenvalue weighted by molar-refractivity contribution is -0.124. The highest BCUT2D eigenvalue weighted by Crippen LogP contribution is 2.35. The summed E-state index contributed by atoms with van der Waals surface area (Å²) >= 11 is 0. The second kappa shape index (κ2) is 7.20. The smallest absolute Gasteiger partial charge is 0.234 e. The Morgan fingerprint density at radius 3 is 2.92 bits per heavy atom. The van der Waals surface area contributed by atoms with Gasteiger partial charge in [-0.1, -0.05) is 31.0 Å². The van der Waals surface area contributed by atoms with Gasteiger partial charge in [-0.2, -0.15) is 0 Å². The number of hydrogen-bond donors (Lipinski definition) is 1. The summed E-state index contributed by atoms with van der Waals surface area (Å²) < 4.78 is 5.88. The van der Waals surface area contributed by atoms with Gasteiger partial charge in [0.25, 0.3) is 0 Å². The van der Waals surface area contributed by atoms with Crippen LogP contribution in [0.4, 0.5) is 0 Å². The maximum Gasteiger partial charge on any atom is 0.234 e. The van der Waals surface area contributed by atoms with Crippen LogP contribution in [-0.2, 0) is 4.79 Å². The zero-order valence-electron chi connectivity index (χ0n) is 15.0. The minimum absolute atomic E-state index is 0.105. The average molecular weight is 340 g/mol. The van der Waals surface area contributed by atoms with Crippen molar-refractivity contribution in [3.05, 3.63) is 36.1 Å². The fourth-order valence-electron chi connectivity index (χ4n) is 4.68. The molecule has 2 aromatic rings. The van der Waals surface area contributed by atoms with Crippen molar-refractivity contribution in [2.24, 2.45) is 5.92 Å². The molecule has 3 atom stereocenters. The van der Waals surface area contributed by atoms with Crippen molar-refractivity contribution >= 4 is 16.9 Å². The van der Waals surface area contributed by atoms with E-state index in [-0.39, 0.29) is 11.9 Å². The number of fused-ring (bicyclic) bond motifs is 2. The maximum absolute atomic E-state index is 12.6. The van der Waals surface area contributed by atoms with E-state index in [1.807, 2.05) is 37.3 Å². The third-order valence-corrected chi connectivity index (χ3v) is 5.95. The van der Waals surface area contributed by atoms with Gasteiger partial charge >= 0.3 is 0 Å². The standard InChI is InChI=1S/C21H28N2O2/c1-15(20-13-17-8-3-5-11-19(17)25-20)22-21(24)14-23-12-6-9-16-7-2-4-10-18(16)23/h3,5,8,11,13,15-16,18H,2,4,6-7,9-10,12,14H2,1H3,(H,22,24)/t15-,16-,18+/m1/s1.